The van der Waals surface area contributed by atoms with Gasteiger partial charge in [-0.3, -0.25) is 9.59 Å². The molecule has 4 rings (SSSR count). The number of ether oxygens (including phenoxy) is 1. The number of thioether (sulfide) groups is 1. The van der Waals surface area contributed by atoms with E-state index in [1.54, 1.807) is 30.8 Å². The molecule has 3 N–H and O–H groups in total. The minimum Gasteiger partial charge on any atom is -0.506 e. The van der Waals surface area contributed by atoms with Crippen LogP contribution in [0.4, 0.5) is 11.4 Å². The number of methoxy groups -OCH3 is 1. The standard InChI is InChI=1S/C31H33ClN2O7S2/c1-3-28(43(39,40)23-15-13-22(14-16-23)42-21-7-5-4-6-8-21)30(37)33-25-18-27(35)26(17-24(25)32)34-29(36)19-9-11-20(12-10-19)31(38)41-2/h9-18,21,28,35H,3-8H2,1-2H3,(H,33,37)(H,34,36). The van der Waals surface area contributed by atoms with Gasteiger partial charge in [0.25, 0.3) is 5.91 Å². The molecule has 228 valence electrons. The lowest BCUT2D eigenvalue weighted by molar-refractivity contribution is -0.115. The quantitative estimate of drug-likeness (QED) is 0.164. The number of carbonyl (C=O) groups excluding carboxylic acids is 3. The predicted molar refractivity (Wildman–Crippen MR) is 168 cm³/mol. The number of anilines is 2. The van der Waals surface area contributed by atoms with E-state index >= 15 is 0 Å². The Hall–Kier alpha value is -3.54. The van der Waals surface area contributed by atoms with Gasteiger partial charge in [-0.15, -0.1) is 11.8 Å². The number of carbonyl (C=O) groups is 3. The number of phenolic OH excluding ortho intramolecular Hbond substituents is 1. The van der Waals surface area contributed by atoms with E-state index in [9.17, 15) is 27.9 Å². The zero-order valence-corrected chi connectivity index (χ0v) is 26.2. The molecule has 0 radical (unpaired) electrons. The molecule has 12 heteroatoms. The van der Waals surface area contributed by atoms with Gasteiger partial charge in [0.1, 0.15) is 11.0 Å². The van der Waals surface area contributed by atoms with Gasteiger partial charge < -0.3 is 20.5 Å². The fourth-order valence-electron chi connectivity index (χ4n) is 4.83. The van der Waals surface area contributed by atoms with Gasteiger partial charge in [-0.05, 0) is 73.9 Å². The van der Waals surface area contributed by atoms with Crippen LogP contribution in [-0.2, 0) is 19.4 Å². The maximum atomic E-state index is 13.4. The normalized spacial score (nSPS) is 14.5. The first-order valence-corrected chi connectivity index (χ1v) is 16.7. The lowest BCUT2D eigenvalue weighted by Gasteiger charge is -2.21. The summed E-state index contributed by atoms with van der Waals surface area (Å²) in [4.78, 5) is 38.5. The van der Waals surface area contributed by atoms with Gasteiger partial charge in [-0.1, -0.05) is 37.8 Å². The summed E-state index contributed by atoms with van der Waals surface area (Å²) in [5.41, 5.74) is 0.425. The monoisotopic (exact) mass is 644 g/mol. The second-order valence-electron chi connectivity index (χ2n) is 10.2. The molecule has 1 saturated carbocycles. The van der Waals surface area contributed by atoms with Gasteiger partial charge in [0.15, 0.2) is 9.84 Å². The Balaban J connectivity index is 1.44. The van der Waals surface area contributed by atoms with Crippen molar-refractivity contribution in [3.05, 3.63) is 76.8 Å². The number of hydrogen-bond donors (Lipinski definition) is 3. The lowest BCUT2D eigenvalue weighted by atomic mass is 10.0. The number of benzene rings is 3. The molecule has 1 atom stereocenters. The maximum absolute atomic E-state index is 13.4. The van der Waals surface area contributed by atoms with Crippen LogP contribution in [-0.4, -0.2) is 48.9 Å². The Kier molecular flexibility index (Phi) is 10.8. The van der Waals surface area contributed by atoms with Crippen molar-refractivity contribution in [1.82, 2.24) is 0 Å². The number of sulfone groups is 1. The number of nitrogens with one attached hydrogen (secondary N) is 2. The highest BCUT2D eigenvalue weighted by Crippen LogP contribution is 2.36. The van der Waals surface area contributed by atoms with E-state index in [0.29, 0.717) is 5.25 Å². The molecule has 1 aliphatic carbocycles. The van der Waals surface area contributed by atoms with Crippen molar-refractivity contribution >= 4 is 62.4 Å². The zero-order valence-electron chi connectivity index (χ0n) is 23.8. The van der Waals surface area contributed by atoms with E-state index < -0.39 is 38.6 Å². The maximum Gasteiger partial charge on any atom is 0.337 e. The average molecular weight is 645 g/mol. The molecule has 9 nitrogen and oxygen atoms in total. The topological polar surface area (TPSA) is 139 Å². The summed E-state index contributed by atoms with van der Waals surface area (Å²) in [5, 5.41) is 14.7. The van der Waals surface area contributed by atoms with Crippen LogP contribution in [0.25, 0.3) is 0 Å². The molecule has 0 spiro atoms. The Morgan fingerprint density at radius 3 is 2.19 bits per heavy atom. The van der Waals surface area contributed by atoms with Crippen LogP contribution in [0.2, 0.25) is 5.02 Å². The van der Waals surface area contributed by atoms with Gasteiger partial charge in [-0.25, -0.2) is 13.2 Å². The molecule has 43 heavy (non-hydrogen) atoms. The van der Waals surface area contributed by atoms with Crippen LogP contribution in [0.1, 0.15) is 66.2 Å². The third-order valence-electron chi connectivity index (χ3n) is 7.20. The molecule has 3 aromatic rings. The fraction of sp³-hybridized carbons (Fsp3) is 0.323. The molecule has 0 aliphatic heterocycles. The predicted octanol–water partition coefficient (Wildman–Crippen LogP) is 6.70. The number of phenols is 1. The molecular formula is C31H33ClN2O7S2. The van der Waals surface area contributed by atoms with Crippen molar-refractivity contribution in [2.75, 3.05) is 17.7 Å². The Labute approximate surface area is 260 Å². The first-order valence-electron chi connectivity index (χ1n) is 13.9. The van der Waals surface area contributed by atoms with E-state index in [-0.39, 0.29) is 38.8 Å². The highest BCUT2D eigenvalue weighted by Gasteiger charge is 2.33. The Morgan fingerprint density at radius 1 is 0.953 bits per heavy atom. The largest absolute Gasteiger partial charge is 0.506 e. The van der Waals surface area contributed by atoms with Gasteiger partial charge in [0.2, 0.25) is 5.91 Å². The highest BCUT2D eigenvalue weighted by molar-refractivity contribution is 8.00. The van der Waals surface area contributed by atoms with Crippen LogP contribution in [0.5, 0.6) is 5.75 Å². The molecule has 0 saturated heterocycles. The SMILES string of the molecule is CCC(C(=O)Nc1cc(O)c(NC(=O)c2ccc(C(=O)OC)cc2)cc1Cl)S(=O)(=O)c1ccc(SC2CCCCC2)cc1. The summed E-state index contributed by atoms with van der Waals surface area (Å²) in [5.74, 6) is -2.33. The third kappa shape index (κ3) is 7.90. The molecule has 1 aliphatic rings. The van der Waals surface area contributed by atoms with Gasteiger partial charge in [-0.2, -0.15) is 0 Å². The van der Waals surface area contributed by atoms with Crippen LogP contribution < -0.4 is 10.6 Å². The molecule has 2 amide bonds. The van der Waals surface area contributed by atoms with E-state index in [1.165, 1.54) is 68.8 Å². The van der Waals surface area contributed by atoms with Gasteiger partial charge >= 0.3 is 5.97 Å². The fourth-order valence-corrected chi connectivity index (χ4v) is 7.92. The molecule has 0 bridgehead atoms. The molecule has 0 heterocycles. The van der Waals surface area contributed by atoms with Gasteiger partial charge in [0, 0.05) is 21.8 Å². The average Bonchev–Trinajstić information content (AvgIpc) is 3.00. The molecular weight excluding hydrogens is 612 g/mol. The second-order valence-corrected chi connectivity index (χ2v) is 14.1. The van der Waals surface area contributed by atoms with Crippen molar-refractivity contribution in [3.63, 3.8) is 0 Å². The number of amides is 2. The lowest BCUT2D eigenvalue weighted by Crippen LogP contribution is -2.34. The smallest absolute Gasteiger partial charge is 0.337 e. The molecule has 3 aromatic carbocycles. The number of hydrogen-bond acceptors (Lipinski definition) is 8. The summed E-state index contributed by atoms with van der Waals surface area (Å²) in [6.07, 6.45) is 6.01. The summed E-state index contributed by atoms with van der Waals surface area (Å²) in [7, 11) is -2.77. The van der Waals surface area contributed by atoms with E-state index in [0.717, 1.165) is 23.8 Å². The van der Waals surface area contributed by atoms with E-state index in [1.807, 2.05) is 0 Å². The van der Waals surface area contributed by atoms with Crippen LogP contribution in [0.15, 0.2) is 70.5 Å². The van der Waals surface area contributed by atoms with Crippen molar-refractivity contribution in [2.24, 2.45) is 0 Å². The first kappa shape index (κ1) is 32.4. The molecule has 1 fully saturated rings. The van der Waals surface area contributed by atoms with Crippen LogP contribution in [0.3, 0.4) is 0 Å². The minimum atomic E-state index is -4.02. The number of halogens is 1. The summed E-state index contributed by atoms with van der Waals surface area (Å²) >= 11 is 8.10. The summed E-state index contributed by atoms with van der Waals surface area (Å²) < 4.78 is 31.5. The Morgan fingerprint density at radius 2 is 1.58 bits per heavy atom. The third-order valence-corrected chi connectivity index (χ3v) is 11.1. The van der Waals surface area contributed by atoms with Crippen LogP contribution >= 0.6 is 23.4 Å². The van der Waals surface area contributed by atoms with Crippen molar-refractivity contribution in [2.45, 2.75) is 65.7 Å². The number of aromatic hydroxyl groups is 1. The molecule has 1 unspecified atom stereocenters. The van der Waals surface area contributed by atoms with Crippen molar-refractivity contribution in [3.8, 4) is 5.75 Å². The highest BCUT2D eigenvalue weighted by atomic mass is 35.5. The van der Waals surface area contributed by atoms with Crippen LogP contribution in [0, 0.1) is 0 Å². The minimum absolute atomic E-state index is 0.0131. The van der Waals surface area contributed by atoms with E-state index in [4.69, 9.17) is 11.6 Å². The Bertz CT molecular complexity index is 1590. The van der Waals surface area contributed by atoms with Gasteiger partial charge in [0.05, 0.1) is 34.0 Å². The number of esters is 1. The molecule has 0 aromatic heterocycles. The first-order chi connectivity index (χ1) is 20.5. The summed E-state index contributed by atoms with van der Waals surface area (Å²) in [6, 6.07) is 14.7. The number of rotatable bonds is 10. The van der Waals surface area contributed by atoms with Crippen molar-refractivity contribution < 1.29 is 32.6 Å². The zero-order chi connectivity index (χ0) is 31.1. The summed E-state index contributed by atoms with van der Waals surface area (Å²) in [6.45, 7) is 1.60. The van der Waals surface area contributed by atoms with E-state index in [2.05, 4.69) is 15.4 Å². The van der Waals surface area contributed by atoms with Crippen molar-refractivity contribution in [1.29, 1.82) is 0 Å². The second kappa shape index (κ2) is 14.3.